The fraction of sp³-hybridized carbons (Fsp3) is 0.429. The van der Waals surface area contributed by atoms with Gasteiger partial charge in [-0.3, -0.25) is 4.79 Å². The smallest absolute Gasteiger partial charge is 0.243 e. The molecule has 19 heavy (non-hydrogen) atoms. The lowest BCUT2D eigenvalue weighted by Gasteiger charge is -2.09. The fourth-order valence-corrected chi connectivity index (χ4v) is 1.65. The molecule has 0 bridgehead atoms. The predicted octanol–water partition coefficient (Wildman–Crippen LogP) is 1.95. The van der Waals surface area contributed by atoms with Gasteiger partial charge in [-0.2, -0.15) is 5.10 Å². The van der Waals surface area contributed by atoms with Gasteiger partial charge in [-0.25, -0.2) is 5.43 Å². The van der Waals surface area contributed by atoms with Gasteiger partial charge in [-0.05, 0) is 43.5 Å². The van der Waals surface area contributed by atoms with Crippen LogP contribution in [-0.2, 0) is 4.79 Å². The number of carbonyl (C=O) groups excluding carboxylic acids is 1. The van der Waals surface area contributed by atoms with E-state index in [4.69, 9.17) is 9.47 Å². The van der Waals surface area contributed by atoms with Gasteiger partial charge < -0.3 is 9.47 Å². The van der Waals surface area contributed by atoms with E-state index < -0.39 is 0 Å². The molecule has 1 aromatic carbocycles. The first-order valence-corrected chi connectivity index (χ1v) is 6.38. The topological polar surface area (TPSA) is 59.9 Å². The van der Waals surface area contributed by atoms with Gasteiger partial charge in [-0.1, -0.05) is 0 Å². The highest BCUT2D eigenvalue weighted by atomic mass is 16.5. The molecule has 0 radical (unpaired) electrons. The van der Waals surface area contributed by atoms with Crippen LogP contribution in [0.15, 0.2) is 23.3 Å². The molecule has 102 valence electrons. The van der Waals surface area contributed by atoms with Gasteiger partial charge in [0, 0.05) is 5.92 Å². The SMILES string of the molecule is CCOc1cc(/C=N\NC(=O)C2CC2)ccc1OC. The molecule has 2 rings (SSSR count). The third kappa shape index (κ3) is 3.71. The van der Waals surface area contributed by atoms with Crippen LogP contribution in [0.2, 0.25) is 0 Å². The third-order valence-electron chi connectivity index (χ3n) is 2.82. The summed E-state index contributed by atoms with van der Waals surface area (Å²) in [5.74, 6) is 1.50. The van der Waals surface area contributed by atoms with Gasteiger partial charge in [0.1, 0.15) is 0 Å². The largest absolute Gasteiger partial charge is 0.493 e. The first-order chi connectivity index (χ1) is 9.24. The Kier molecular flexibility index (Phi) is 4.39. The highest BCUT2D eigenvalue weighted by Crippen LogP contribution is 2.29. The molecular formula is C14H18N2O3. The number of benzene rings is 1. The van der Waals surface area contributed by atoms with Gasteiger partial charge in [0.25, 0.3) is 0 Å². The van der Waals surface area contributed by atoms with Crippen LogP contribution in [-0.4, -0.2) is 25.8 Å². The summed E-state index contributed by atoms with van der Waals surface area (Å²) in [5.41, 5.74) is 3.38. The lowest BCUT2D eigenvalue weighted by atomic mass is 10.2. The minimum atomic E-state index is -0.00482. The molecule has 0 spiro atoms. The molecule has 5 nitrogen and oxygen atoms in total. The van der Waals surface area contributed by atoms with E-state index in [1.54, 1.807) is 13.3 Å². The van der Waals surface area contributed by atoms with E-state index in [0.29, 0.717) is 18.1 Å². The summed E-state index contributed by atoms with van der Waals surface area (Å²) in [7, 11) is 1.60. The molecule has 0 unspecified atom stereocenters. The summed E-state index contributed by atoms with van der Waals surface area (Å²) in [6.07, 6.45) is 3.54. The monoisotopic (exact) mass is 262 g/mol. The van der Waals surface area contributed by atoms with Crippen molar-refractivity contribution in [1.29, 1.82) is 0 Å². The lowest BCUT2D eigenvalue weighted by Crippen LogP contribution is -2.18. The molecular weight excluding hydrogens is 244 g/mol. The number of ether oxygens (including phenoxy) is 2. The van der Waals surface area contributed by atoms with Crippen LogP contribution in [0.1, 0.15) is 25.3 Å². The lowest BCUT2D eigenvalue weighted by molar-refractivity contribution is -0.122. The Balaban J connectivity index is 2.00. The van der Waals surface area contributed by atoms with Crippen LogP contribution in [0.3, 0.4) is 0 Å². The number of methoxy groups -OCH3 is 1. The molecule has 0 atom stereocenters. The molecule has 1 N–H and O–H groups in total. The summed E-state index contributed by atoms with van der Waals surface area (Å²) in [4.78, 5) is 11.4. The number of rotatable bonds is 6. The van der Waals surface area contributed by atoms with Gasteiger partial charge >= 0.3 is 0 Å². The van der Waals surface area contributed by atoms with Gasteiger partial charge in [-0.15, -0.1) is 0 Å². The Labute approximate surface area is 112 Å². The molecule has 1 amide bonds. The van der Waals surface area contributed by atoms with Crippen molar-refractivity contribution in [2.24, 2.45) is 11.0 Å². The molecule has 1 saturated carbocycles. The third-order valence-corrected chi connectivity index (χ3v) is 2.82. The number of hydrazone groups is 1. The zero-order valence-corrected chi connectivity index (χ0v) is 11.2. The van der Waals surface area contributed by atoms with Crippen molar-refractivity contribution in [3.05, 3.63) is 23.8 Å². The van der Waals surface area contributed by atoms with Crippen molar-refractivity contribution >= 4 is 12.1 Å². The first kappa shape index (κ1) is 13.4. The Bertz CT molecular complexity index is 482. The van der Waals surface area contributed by atoms with Crippen molar-refractivity contribution in [2.45, 2.75) is 19.8 Å². The maximum absolute atomic E-state index is 11.4. The van der Waals surface area contributed by atoms with E-state index >= 15 is 0 Å². The Hall–Kier alpha value is -2.04. The van der Waals surface area contributed by atoms with Gasteiger partial charge in [0.15, 0.2) is 11.5 Å². The van der Waals surface area contributed by atoms with E-state index in [2.05, 4.69) is 10.5 Å². The first-order valence-electron chi connectivity index (χ1n) is 6.38. The van der Waals surface area contributed by atoms with E-state index in [1.807, 2.05) is 25.1 Å². The number of hydrogen-bond donors (Lipinski definition) is 1. The quantitative estimate of drug-likeness (QED) is 0.629. The normalized spacial score (nSPS) is 14.4. The van der Waals surface area contributed by atoms with E-state index in [1.165, 1.54) is 0 Å². The zero-order chi connectivity index (χ0) is 13.7. The number of nitrogens with zero attached hydrogens (tertiary/aromatic N) is 1. The molecule has 1 fully saturated rings. The molecule has 5 heteroatoms. The molecule has 0 heterocycles. The Morgan fingerprint density at radius 2 is 2.26 bits per heavy atom. The summed E-state index contributed by atoms with van der Waals surface area (Å²) in [6.45, 7) is 2.48. The molecule has 1 aliphatic rings. The molecule has 1 aliphatic carbocycles. The number of hydrogen-bond acceptors (Lipinski definition) is 4. The van der Waals surface area contributed by atoms with Crippen LogP contribution in [0, 0.1) is 5.92 Å². The Morgan fingerprint density at radius 3 is 2.89 bits per heavy atom. The minimum absolute atomic E-state index is 0.00482. The second-order valence-corrected chi connectivity index (χ2v) is 4.35. The Morgan fingerprint density at radius 1 is 1.47 bits per heavy atom. The van der Waals surface area contributed by atoms with Crippen LogP contribution < -0.4 is 14.9 Å². The van der Waals surface area contributed by atoms with Crippen molar-refractivity contribution in [3.63, 3.8) is 0 Å². The molecule has 0 saturated heterocycles. The van der Waals surface area contributed by atoms with Crippen LogP contribution in [0.4, 0.5) is 0 Å². The van der Waals surface area contributed by atoms with Crippen LogP contribution in [0.25, 0.3) is 0 Å². The minimum Gasteiger partial charge on any atom is -0.493 e. The van der Waals surface area contributed by atoms with E-state index in [-0.39, 0.29) is 11.8 Å². The van der Waals surface area contributed by atoms with Crippen molar-refractivity contribution < 1.29 is 14.3 Å². The second kappa shape index (κ2) is 6.22. The summed E-state index contributed by atoms with van der Waals surface area (Å²) >= 11 is 0. The summed E-state index contributed by atoms with van der Waals surface area (Å²) < 4.78 is 10.7. The van der Waals surface area contributed by atoms with Crippen LogP contribution in [0.5, 0.6) is 11.5 Å². The highest BCUT2D eigenvalue weighted by Gasteiger charge is 2.29. The number of amides is 1. The fourth-order valence-electron chi connectivity index (χ4n) is 1.65. The maximum atomic E-state index is 11.4. The van der Waals surface area contributed by atoms with E-state index in [9.17, 15) is 4.79 Å². The standard InChI is InChI=1S/C14H18N2O3/c1-3-19-13-8-10(4-7-12(13)18-2)9-15-16-14(17)11-5-6-11/h4,7-9,11H,3,5-6H2,1-2H3,(H,16,17)/b15-9-. The predicted molar refractivity (Wildman–Crippen MR) is 72.6 cm³/mol. The maximum Gasteiger partial charge on any atom is 0.243 e. The van der Waals surface area contributed by atoms with Crippen molar-refractivity contribution in [3.8, 4) is 11.5 Å². The van der Waals surface area contributed by atoms with Gasteiger partial charge in [0.2, 0.25) is 5.91 Å². The average molecular weight is 262 g/mol. The average Bonchev–Trinajstić information content (AvgIpc) is 3.24. The summed E-state index contributed by atoms with van der Waals surface area (Å²) in [6, 6.07) is 5.50. The molecule has 0 aromatic heterocycles. The highest BCUT2D eigenvalue weighted by molar-refractivity contribution is 5.84. The van der Waals surface area contributed by atoms with Crippen molar-refractivity contribution in [1.82, 2.24) is 5.43 Å². The van der Waals surface area contributed by atoms with E-state index in [0.717, 1.165) is 18.4 Å². The zero-order valence-electron chi connectivity index (χ0n) is 11.2. The second-order valence-electron chi connectivity index (χ2n) is 4.35. The molecule has 1 aromatic rings. The number of carbonyl (C=O) groups is 1. The van der Waals surface area contributed by atoms with Crippen LogP contribution >= 0.6 is 0 Å². The molecule has 0 aliphatic heterocycles. The summed E-state index contributed by atoms with van der Waals surface area (Å²) in [5, 5.41) is 3.94. The number of nitrogens with one attached hydrogen (secondary N) is 1. The van der Waals surface area contributed by atoms with Crippen molar-refractivity contribution in [2.75, 3.05) is 13.7 Å². The van der Waals surface area contributed by atoms with Gasteiger partial charge in [0.05, 0.1) is 19.9 Å².